The molecule has 1 fully saturated rings. The van der Waals surface area contributed by atoms with Crippen molar-refractivity contribution in [1.29, 1.82) is 0 Å². The van der Waals surface area contributed by atoms with Crippen molar-refractivity contribution in [1.82, 2.24) is 5.32 Å². The van der Waals surface area contributed by atoms with E-state index in [1.54, 1.807) is 0 Å². The highest BCUT2D eigenvalue weighted by atomic mass is 16.3. The van der Waals surface area contributed by atoms with E-state index in [-0.39, 0.29) is 0 Å². The molecule has 2 N–H and O–H groups in total. The summed E-state index contributed by atoms with van der Waals surface area (Å²) in [5.41, 5.74) is 0.860. The standard InChI is InChI=1S/C19H31NO/c1-2-3-13-18(17-11-7-6-8-12-17)20-16-19(21)14-9-4-5-10-15-19/h6-8,11-12,18,20-21H,2-5,9-10,13-16H2,1H3. The molecule has 2 rings (SSSR count). The van der Waals surface area contributed by atoms with E-state index in [4.69, 9.17) is 0 Å². The first-order chi connectivity index (χ1) is 10.2. The summed E-state index contributed by atoms with van der Waals surface area (Å²) in [7, 11) is 0. The number of rotatable bonds is 7. The van der Waals surface area contributed by atoms with Gasteiger partial charge in [-0.1, -0.05) is 75.8 Å². The van der Waals surface area contributed by atoms with E-state index in [1.165, 1.54) is 44.1 Å². The fraction of sp³-hybridized carbons (Fsp3) is 0.684. The van der Waals surface area contributed by atoms with Crippen LogP contribution in [0, 0.1) is 0 Å². The molecule has 118 valence electrons. The minimum Gasteiger partial charge on any atom is -0.389 e. The highest BCUT2D eigenvalue weighted by Crippen LogP contribution is 2.28. The van der Waals surface area contributed by atoms with Gasteiger partial charge in [0, 0.05) is 12.6 Å². The molecule has 1 unspecified atom stereocenters. The van der Waals surface area contributed by atoms with E-state index in [2.05, 4.69) is 42.6 Å². The predicted molar refractivity (Wildman–Crippen MR) is 89.4 cm³/mol. The third kappa shape index (κ3) is 5.44. The molecule has 2 heteroatoms. The molecule has 0 aromatic heterocycles. The Bertz CT molecular complexity index is 382. The number of hydrogen-bond acceptors (Lipinski definition) is 2. The zero-order valence-corrected chi connectivity index (χ0v) is 13.5. The number of aliphatic hydroxyl groups is 1. The van der Waals surface area contributed by atoms with Gasteiger partial charge >= 0.3 is 0 Å². The SMILES string of the molecule is CCCCC(NCC1(O)CCCCCC1)c1ccccc1. The second-order valence-corrected chi connectivity index (χ2v) is 6.62. The molecule has 21 heavy (non-hydrogen) atoms. The molecule has 1 aliphatic rings. The topological polar surface area (TPSA) is 32.3 Å². The Kier molecular flexibility index (Phi) is 6.72. The maximum Gasteiger partial charge on any atom is 0.0771 e. The minimum atomic E-state index is -0.490. The Labute approximate surface area is 130 Å². The summed E-state index contributed by atoms with van der Waals surface area (Å²) in [4.78, 5) is 0. The van der Waals surface area contributed by atoms with Gasteiger partial charge in [0.05, 0.1) is 5.60 Å². The second kappa shape index (κ2) is 8.55. The van der Waals surface area contributed by atoms with Crippen LogP contribution in [0.2, 0.25) is 0 Å². The van der Waals surface area contributed by atoms with Gasteiger partial charge in [-0.05, 0) is 24.8 Å². The third-order valence-electron chi connectivity index (χ3n) is 4.76. The third-order valence-corrected chi connectivity index (χ3v) is 4.76. The number of nitrogens with one attached hydrogen (secondary N) is 1. The molecule has 1 aromatic carbocycles. The van der Waals surface area contributed by atoms with Crippen molar-refractivity contribution in [3.8, 4) is 0 Å². The van der Waals surface area contributed by atoms with Gasteiger partial charge in [-0.25, -0.2) is 0 Å². The van der Waals surface area contributed by atoms with Crippen molar-refractivity contribution in [2.45, 2.75) is 76.4 Å². The molecule has 1 atom stereocenters. The molecular formula is C19H31NO. The molecule has 1 aromatic rings. The van der Waals surface area contributed by atoms with Crippen LogP contribution in [0.1, 0.15) is 76.3 Å². The van der Waals surface area contributed by atoms with E-state index in [0.29, 0.717) is 6.04 Å². The molecule has 2 nitrogen and oxygen atoms in total. The zero-order chi connectivity index (χ0) is 15.0. The van der Waals surface area contributed by atoms with Gasteiger partial charge in [0.1, 0.15) is 0 Å². The van der Waals surface area contributed by atoms with Crippen molar-refractivity contribution < 1.29 is 5.11 Å². The minimum absolute atomic E-state index is 0.374. The first-order valence-electron chi connectivity index (χ1n) is 8.74. The Balaban J connectivity index is 1.94. The molecular weight excluding hydrogens is 258 g/mol. The fourth-order valence-corrected chi connectivity index (χ4v) is 3.36. The molecule has 0 saturated heterocycles. The van der Waals surface area contributed by atoms with Crippen molar-refractivity contribution in [3.63, 3.8) is 0 Å². The summed E-state index contributed by atoms with van der Waals surface area (Å²) in [6.07, 6.45) is 10.4. The summed E-state index contributed by atoms with van der Waals surface area (Å²) < 4.78 is 0. The summed E-state index contributed by atoms with van der Waals surface area (Å²) in [6, 6.07) is 11.1. The first-order valence-corrected chi connectivity index (χ1v) is 8.74. The van der Waals surface area contributed by atoms with E-state index >= 15 is 0 Å². The Morgan fingerprint density at radius 1 is 1.10 bits per heavy atom. The lowest BCUT2D eigenvalue weighted by molar-refractivity contribution is 0.0223. The van der Waals surface area contributed by atoms with Crippen LogP contribution in [-0.2, 0) is 0 Å². The largest absolute Gasteiger partial charge is 0.389 e. The Hall–Kier alpha value is -0.860. The summed E-state index contributed by atoms with van der Waals surface area (Å²) in [6.45, 7) is 2.97. The maximum absolute atomic E-state index is 10.8. The average Bonchev–Trinajstić information content (AvgIpc) is 2.73. The summed E-state index contributed by atoms with van der Waals surface area (Å²) in [5, 5.41) is 14.5. The summed E-state index contributed by atoms with van der Waals surface area (Å²) >= 11 is 0. The second-order valence-electron chi connectivity index (χ2n) is 6.62. The van der Waals surface area contributed by atoms with Crippen LogP contribution in [-0.4, -0.2) is 17.3 Å². The zero-order valence-electron chi connectivity index (χ0n) is 13.5. The van der Waals surface area contributed by atoms with Gasteiger partial charge in [0.15, 0.2) is 0 Å². The lowest BCUT2D eigenvalue weighted by Crippen LogP contribution is -2.41. The Morgan fingerprint density at radius 2 is 1.76 bits per heavy atom. The van der Waals surface area contributed by atoms with Gasteiger partial charge in [-0.3, -0.25) is 0 Å². The van der Waals surface area contributed by atoms with Crippen LogP contribution in [0.25, 0.3) is 0 Å². The first kappa shape index (κ1) is 16.5. The highest BCUT2D eigenvalue weighted by Gasteiger charge is 2.28. The van der Waals surface area contributed by atoms with Crippen LogP contribution in [0.3, 0.4) is 0 Å². The predicted octanol–water partition coefficient (Wildman–Crippen LogP) is 4.59. The van der Waals surface area contributed by atoms with Gasteiger partial charge in [-0.15, -0.1) is 0 Å². The molecule has 0 amide bonds. The van der Waals surface area contributed by atoms with Crippen molar-refractivity contribution in [2.24, 2.45) is 0 Å². The smallest absolute Gasteiger partial charge is 0.0771 e. The lowest BCUT2D eigenvalue weighted by Gasteiger charge is -2.30. The maximum atomic E-state index is 10.8. The normalized spacial score (nSPS) is 19.9. The van der Waals surface area contributed by atoms with Crippen molar-refractivity contribution >= 4 is 0 Å². The van der Waals surface area contributed by atoms with E-state index < -0.39 is 5.60 Å². The van der Waals surface area contributed by atoms with Crippen molar-refractivity contribution in [3.05, 3.63) is 35.9 Å². The molecule has 0 aliphatic heterocycles. The van der Waals surface area contributed by atoms with Crippen LogP contribution in [0.15, 0.2) is 30.3 Å². The van der Waals surface area contributed by atoms with Crippen molar-refractivity contribution in [2.75, 3.05) is 6.54 Å². The number of unbranched alkanes of at least 4 members (excludes halogenated alkanes) is 1. The molecule has 0 bridgehead atoms. The Morgan fingerprint density at radius 3 is 2.38 bits per heavy atom. The fourth-order valence-electron chi connectivity index (χ4n) is 3.36. The average molecular weight is 289 g/mol. The van der Waals surface area contributed by atoms with Gasteiger partial charge in [0.2, 0.25) is 0 Å². The quantitative estimate of drug-likeness (QED) is 0.719. The highest BCUT2D eigenvalue weighted by molar-refractivity contribution is 5.18. The molecule has 1 aliphatic carbocycles. The molecule has 0 heterocycles. The van der Waals surface area contributed by atoms with Gasteiger partial charge < -0.3 is 10.4 Å². The van der Waals surface area contributed by atoms with E-state index in [0.717, 1.165) is 25.8 Å². The van der Waals surface area contributed by atoms with Gasteiger partial charge in [-0.2, -0.15) is 0 Å². The molecule has 0 radical (unpaired) electrons. The molecule has 0 spiro atoms. The monoisotopic (exact) mass is 289 g/mol. The van der Waals surface area contributed by atoms with E-state index in [1.807, 2.05) is 0 Å². The lowest BCUT2D eigenvalue weighted by atomic mass is 9.93. The number of benzene rings is 1. The van der Waals surface area contributed by atoms with E-state index in [9.17, 15) is 5.11 Å². The van der Waals surface area contributed by atoms with Crippen LogP contribution in [0.4, 0.5) is 0 Å². The van der Waals surface area contributed by atoms with Crippen LogP contribution >= 0.6 is 0 Å². The van der Waals surface area contributed by atoms with Gasteiger partial charge in [0.25, 0.3) is 0 Å². The number of hydrogen-bond donors (Lipinski definition) is 2. The van der Waals surface area contributed by atoms with Crippen LogP contribution in [0.5, 0.6) is 0 Å². The van der Waals surface area contributed by atoms with Crippen LogP contribution < -0.4 is 5.32 Å². The summed E-state index contributed by atoms with van der Waals surface area (Å²) in [5.74, 6) is 0. The molecule has 1 saturated carbocycles.